The van der Waals surface area contributed by atoms with Gasteiger partial charge < -0.3 is 19.9 Å². The SMILES string of the molecule is CN(C(=O)c1cnn2c1CN(C(=O)OC(C)(C)C)CC2)C1(CNCC(F)F)CC1. The first-order chi connectivity index (χ1) is 13.5. The second kappa shape index (κ2) is 7.89. The highest BCUT2D eigenvalue weighted by Crippen LogP contribution is 2.41. The summed E-state index contributed by atoms with van der Waals surface area (Å²) in [4.78, 5) is 28.7. The van der Waals surface area contributed by atoms with Crippen LogP contribution >= 0.6 is 0 Å². The number of carbonyl (C=O) groups excluding carboxylic acids is 2. The van der Waals surface area contributed by atoms with Gasteiger partial charge in [0.15, 0.2) is 0 Å². The average molecular weight is 413 g/mol. The molecule has 1 N–H and O–H groups in total. The number of carbonyl (C=O) groups is 2. The number of rotatable bonds is 6. The monoisotopic (exact) mass is 413 g/mol. The lowest BCUT2D eigenvalue weighted by Gasteiger charge is -2.32. The van der Waals surface area contributed by atoms with Crippen molar-refractivity contribution in [1.82, 2.24) is 24.9 Å². The zero-order chi connectivity index (χ0) is 21.4. The second-order valence-corrected chi connectivity index (χ2v) is 8.74. The number of alkyl halides is 2. The molecule has 0 saturated heterocycles. The molecule has 162 valence electrons. The van der Waals surface area contributed by atoms with Crippen LogP contribution < -0.4 is 5.32 Å². The Balaban J connectivity index is 1.69. The predicted molar refractivity (Wildman–Crippen MR) is 102 cm³/mol. The van der Waals surface area contributed by atoms with Gasteiger partial charge in [-0.3, -0.25) is 9.48 Å². The summed E-state index contributed by atoms with van der Waals surface area (Å²) in [5.41, 5.74) is 0.0496. The van der Waals surface area contributed by atoms with Gasteiger partial charge in [0.05, 0.1) is 42.6 Å². The van der Waals surface area contributed by atoms with E-state index in [1.54, 1.807) is 42.3 Å². The molecule has 1 aromatic rings. The number of amides is 2. The Kier molecular flexibility index (Phi) is 5.84. The van der Waals surface area contributed by atoms with Crippen molar-refractivity contribution in [3.63, 3.8) is 0 Å². The van der Waals surface area contributed by atoms with Crippen molar-refractivity contribution < 1.29 is 23.1 Å². The van der Waals surface area contributed by atoms with Gasteiger partial charge in [-0.2, -0.15) is 5.10 Å². The molecule has 1 aliphatic carbocycles. The van der Waals surface area contributed by atoms with Crippen LogP contribution in [0.25, 0.3) is 0 Å². The third-order valence-electron chi connectivity index (χ3n) is 5.35. The van der Waals surface area contributed by atoms with Crippen LogP contribution in [0.2, 0.25) is 0 Å². The number of aromatic nitrogens is 2. The second-order valence-electron chi connectivity index (χ2n) is 8.74. The Bertz CT molecular complexity index is 770. The van der Waals surface area contributed by atoms with Gasteiger partial charge in [-0.05, 0) is 33.6 Å². The zero-order valence-corrected chi connectivity index (χ0v) is 17.4. The molecule has 1 aliphatic heterocycles. The van der Waals surface area contributed by atoms with Gasteiger partial charge in [0.1, 0.15) is 5.60 Å². The van der Waals surface area contributed by atoms with Gasteiger partial charge >= 0.3 is 6.09 Å². The van der Waals surface area contributed by atoms with Gasteiger partial charge in [-0.25, -0.2) is 13.6 Å². The fraction of sp³-hybridized carbons (Fsp3) is 0.737. The summed E-state index contributed by atoms with van der Waals surface area (Å²) in [6, 6.07) is 0. The Morgan fingerprint density at radius 3 is 2.62 bits per heavy atom. The van der Waals surface area contributed by atoms with E-state index in [0.717, 1.165) is 12.8 Å². The maximum atomic E-state index is 13.1. The van der Waals surface area contributed by atoms with Crippen LogP contribution in [-0.4, -0.2) is 75.8 Å². The van der Waals surface area contributed by atoms with Crippen molar-refractivity contribution >= 4 is 12.0 Å². The van der Waals surface area contributed by atoms with Crippen LogP contribution in [0.1, 0.15) is 49.7 Å². The fourth-order valence-corrected chi connectivity index (χ4v) is 3.49. The van der Waals surface area contributed by atoms with Crippen molar-refractivity contribution in [3.05, 3.63) is 17.5 Å². The summed E-state index contributed by atoms with van der Waals surface area (Å²) < 4.78 is 32.0. The molecule has 2 amide bonds. The highest BCUT2D eigenvalue weighted by Gasteiger charge is 2.49. The number of likely N-dealkylation sites (N-methyl/N-ethyl adjacent to an activating group) is 1. The molecule has 3 rings (SSSR count). The van der Waals surface area contributed by atoms with E-state index in [4.69, 9.17) is 4.74 Å². The van der Waals surface area contributed by atoms with E-state index in [0.29, 0.717) is 30.9 Å². The van der Waals surface area contributed by atoms with E-state index in [9.17, 15) is 18.4 Å². The van der Waals surface area contributed by atoms with Crippen molar-refractivity contribution in [3.8, 4) is 0 Å². The number of nitrogens with one attached hydrogen (secondary N) is 1. The number of ether oxygens (including phenoxy) is 1. The molecule has 29 heavy (non-hydrogen) atoms. The van der Waals surface area contributed by atoms with Gasteiger partial charge in [-0.1, -0.05) is 0 Å². The van der Waals surface area contributed by atoms with Crippen LogP contribution in [0.4, 0.5) is 13.6 Å². The topological polar surface area (TPSA) is 79.7 Å². The number of hydrogen-bond acceptors (Lipinski definition) is 5. The third-order valence-corrected chi connectivity index (χ3v) is 5.35. The molecule has 8 nitrogen and oxygen atoms in total. The van der Waals surface area contributed by atoms with E-state index < -0.39 is 30.2 Å². The number of halogens is 2. The predicted octanol–water partition coefficient (Wildman–Crippen LogP) is 2.09. The van der Waals surface area contributed by atoms with Gasteiger partial charge in [0.2, 0.25) is 0 Å². The lowest BCUT2D eigenvalue weighted by Crippen LogP contribution is -2.47. The summed E-state index contributed by atoms with van der Waals surface area (Å²) >= 11 is 0. The number of nitrogens with zero attached hydrogens (tertiary/aromatic N) is 4. The fourth-order valence-electron chi connectivity index (χ4n) is 3.49. The van der Waals surface area contributed by atoms with E-state index in [1.165, 1.54) is 6.20 Å². The van der Waals surface area contributed by atoms with Gasteiger partial charge in [-0.15, -0.1) is 0 Å². The van der Waals surface area contributed by atoms with Crippen molar-refractivity contribution in [2.45, 2.75) is 64.3 Å². The van der Waals surface area contributed by atoms with Crippen LogP contribution in [0.3, 0.4) is 0 Å². The first-order valence-corrected chi connectivity index (χ1v) is 9.82. The summed E-state index contributed by atoms with van der Waals surface area (Å²) in [7, 11) is 1.69. The minimum atomic E-state index is -2.42. The van der Waals surface area contributed by atoms with E-state index in [1.807, 2.05) is 0 Å². The van der Waals surface area contributed by atoms with E-state index >= 15 is 0 Å². The molecule has 2 heterocycles. The number of hydrogen-bond donors (Lipinski definition) is 1. The maximum Gasteiger partial charge on any atom is 0.410 e. The lowest BCUT2D eigenvalue weighted by molar-refractivity contribution is 0.0192. The molecule has 1 fully saturated rings. The Hall–Kier alpha value is -2.23. The Labute approximate surface area is 169 Å². The molecule has 1 saturated carbocycles. The molecular formula is C19H29F2N5O3. The summed E-state index contributed by atoms with van der Waals surface area (Å²) in [6.45, 7) is 6.52. The maximum absolute atomic E-state index is 13.1. The minimum absolute atomic E-state index is 0.214. The van der Waals surface area contributed by atoms with Crippen molar-refractivity contribution in [1.29, 1.82) is 0 Å². The van der Waals surface area contributed by atoms with Crippen LogP contribution in [0.5, 0.6) is 0 Å². The van der Waals surface area contributed by atoms with Gasteiger partial charge in [0, 0.05) is 20.1 Å². The Morgan fingerprint density at radius 2 is 2.03 bits per heavy atom. The number of fused-ring (bicyclic) bond motifs is 1. The molecule has 0 unspecified atom stereocenters. The minimum Gasteiger partial charge on any atom is -0.444 e. The van der Waals surface area contributed by atoms with E-state index in [2.05, 4.69) is 10.4 Å². The molecule has 2 aliphatic rings. The lowest BCUT2D eigenvalue weighted by atomic mass is 10.1. The molecule has 10 heteroatoms. The normalized spacial score (nSPS) is 17.8. The van der Waals surface area contributed by atoms with Gasteiger partial charge in [0.25, 0.3) is 12.3 Å². The van der Waals surface area contributed by atoms with E-state index in [-0.39, 0.29) is 12.5 Å². The van der Waals surface area contributed by atoms with Crippen LogP contribution in [-0.2, 0) is 17.8 Å². The molecule has 0 bridgehead atoms. The largest absolute Gasteiger partial charge is 0.444 e. The molecule has 1 aromatic heterocycles. The Morgan fingerprint density at radius 1 is 1.34 bits per heavy atom. The first kappa shape index (κ1) is 21.5. The molecule has 0 atom stereocenters. The standard InChI is InChI=1S/C19H29F2N5O3/c1-18(2,3)29-17(28)25-7-8-26-14(11-25)13(9-23-26)16(27)24(4)19(5-6-19)12-22-10-15(20)21/h9,15,22H,5-8,10-12H2,1-4H3. The molecular weight excluding hydrogens is 384 g/mol. The van der Waals surface area contributed by atoms with Crippen LogP contribution in [0.15, 0.2) is 6.20 Å². The summed E-state index contributed by atoms with van der Waals surface area (Å²) in [5, 5.41) is 7.03. The molecule has 0 radical (unpaired) electrons. The third kappa shape index (κ3) is 4.85. The summed E-state index contributed by atoms with van der Waals surface area (Å²) in [5.74, 6) is -0.214. The first-order valence-electron chi connectivity index (χ1n) is 9.82. The average Bonchev–Trinajstić information content (AvgIpc) is 3.29. The smallest absolute Gasteiger partial charge is 0.410 e. The van der Waals surface area contributed by atoms with Crippen molar-refractivity contribution in [2.75, 3.05) is 26.7 Å². The highest BCUT2D eigenvalue weighted by atomic mass is 19.3. The summed E-state index contributed by atoms with van der Waals surface area (Å²) in [6.07, 6.45) is 0.202. The quantitative estimate of drug-likeness (QED) is 0.773. The molecule has 0 aromatic carbocycles. The van der Waals surface area contributed by atoms with Crippen LogP contribution in [0, 0.1) is 0 Å². The highest BCUT2D eigenvalue weighted by molar-refractivity contribution is 5.96. The molecule has 0 spiro atoms. The zero-order valence-electron chi connectivity index (χ0n) is 17.4. The van der Waals surface area contributed by atoms with Crippen molar-refractivity contribution in [2.24, 2.45) is 0 Å².